The van der Waals surface area contributed by atoms with Gasteiger partial charge in [0.15, 0.2) is 0 Å². The zero-order valence-corrected chi connectivity index (χ0v) is 16.3. The molecule has 1 aromatic heterocycles. The van der Waals surface area contributed by atoms with Crippen LogP contribution in [0.4, 0.5) is 5.69 Å². The summed E-state index contributed by atoms with van der Waals surface area (Å²) < 4.78 is 1.98. The first-order valence-electron chi connectivity index (χ1n) is 8.28. The van der Waals surface area contributed by atoms with Crippen LogP contribution in [0.15, 0.2) is 72.1 Å². The molecule has 6 nitrogen and oxygen atoms in total. The lowest BCUT2D eigenvalue weighted by atomic mass is 10.1. The number of amides is 2. The van der Waals surface area contributed by atoms with E-state index in [-0.39, 0.29) is 10.7 Å². The molecule has 0 aliphatic heterocycles. The predicted molar refractivity (Wildman–Crippen MR) is 111 cm³/mol. The number of hydrazone groups is 1. The van der Waals surface area contributed by atoms with Gasteiger partial charge in [0.05, 0.1) is 16.4 Å². The van der Waals surface area contributed by atoms with Gasteiger partial charge in [-0.05, 0) is 55.0 Å². The number of hydrogen-bond acceptors (Lipinski definition) is 3. The number of anilines is 1. The van der Waals surface area contributed by atoms with Crippen molar-refractivity contribution in [2.75, 3.05) is 5.32 Å². The van der Waals surface area contributed by atoms with Crippen LogP contribution in [0.25, 0.3) is 5.69 Å². The molecule has 0 aliphatic rings. The van der Waals surface area contributed by atoms with Crippen molar-refractivity contribution in [1.82, 2.24) is 9.99 Å². The van der Waals surface area contributed by atoms with Crippen LogP contribution in [-0.4, -0.2) is 22.1 Å². The maximum atomic E-state index is 12.0. The van der Waals surface area contributed by atoms with Gasteiger partial charge in [-0.3, -0.25) is 9.59 Å². The molecule has 0 fully saturated rings. The molecule has 0 aliphatic carbocycles. The molecule has 3 aromatic rings. The number of rotatable bonds is 4. The van der Waals surface area contributed by atoms with Crippen LogP contribution < -0.4 is 10.7 Å². The van der Waals surface area contributed by atoms with E-state index < -0.39 is 11.8 Å². The summed E-state index contributed by atoms with van der Waals surface area (Å²) >= 11 is 11.8. The number of nitrogens with one attached hydrogen (secondary N) is 2. The third-order valence-corrected chi connectivity index (χ3v) is 4.46. The van der Waals surface area contributed by atoms with Crippen molar-refractivity contribution in [3.8, 4) is 5.69 Å². The van der Waals surface area contributed by atoms with Crippen molar-refractivity contribution in [2.45, 2.75) is 6.92 Å². The normalized spacial score (nSPS) is 11.2. The number of halogens is 2. The highest BCUT2D eigenvalue weighted by atomic mass is 35.5. The fourth-order valence-corrected chi connectivity index (χ4v) is 2.74. The van der Waals surface area contributed by atoms with E-state index in [1.165, 1.54) is 12.1 Å². The Balaban J connectivity index is 1.62. The largest absolute Gasteiger partial charge is 0.329 e. The smallest absolute Gasteiger partial charge is 0.324 e. The lowest BCUT2D eigenvalue weighted by Gasteiger charge is -2.07. The van der Waals surface area contributed by atoms with E-state index in [1.807, 2.05) is 53.4 Å². The second-order valence-corrected chi connectivity index (χ2v) is 6.70. The number of aromatic nitrogens is 1. The number of carbonyl (C=O) groups excluding carboxylic acids is 2. The average Bonchev–Trinajstić information content (AvgIpc) is 3.23. The molecule has 0 saturated heterocycles. The molecule has 142 valence electrons. The fourth-order valence-electron chi connectivity index (χ4n) is 2.40. The van der Waals surface area contributed by atoms with Crippen molar-refractivity contribution >= 4 is 46.4 Å². The molecule has 0 atom stereocenters. The van der Waals surface area contributed by atoms with Gasteiger partial charge in [-0.25, -0.2) is 5.43 Å². The third kappa shape index (κ3) is 4.79. The molecule has 2 amide bonds. The lowest BCUT2D eigenvalue weighted by Crippen LogP contribution is -2.33. The molecule has 0 bridgehead atoms. The Hall–Kier alpha value is -3.09. The van der Waals surface area contributed by atoms with E-state index >= 15 is 0 Å². The Bertz CT molecular complexity index is 1030. The summed E-state index contributed by atoms with van der Waals surface area (Å²) in [5, 5.41) is 7.04. The van der Waals surface area contributed by atoms with Crippen LogP contribution in [0.5, 0.6) is 0 Å². The van der Waals surface area contributed by atoms with E-state index in [0.29, 0.717) is 10.7 Å². The van der Waals surface area contributed by atoms with E-state index in [2.05, 4.69) is 15.8 Å². The summed E-state index contributed by atoms with van der Waals surface area (Å²) in [5.41, 5.74) is 4.85. The van der Waals surface area contributed by atoms with E-state index in [4.69, 9.17) is 23.2 Å². The van der Waals surface area contributed by atoms with Gasteiger partial charge < -0.3 is 9.88 Å². The standard InChI is InChI=1S/C20H16Cl2N4O2/c1-13(14-4-7-16(8-5-14)26-10-2-3-11-26)24-25-20(28)19(27)23-18-12-15(21)6-9-17(18)22/h2-12H,1H3,(H,23,27)(H,25,28). The van der Waals surface area contributed by atoms with E-state index in [1.54, 1.807) is 13.0 Å². The zero-order valence-electron chi connectivity index (χ0n) is 14.8. The van der Waals surface area contributed by atoms with Gasteiger partial charge >= 0.3 is 11.8 Å². The second kappa shape index (κ2) is 8.73. The van der Waals surface area contributed by atoms with Crippen molar-refractivity contribution in [1.29, 1.82) is 0 Å². The minimum atomic E-state index is -0.917. The van der Waals surface area contributed by atoms with E-state index in [9.17, 15) is 9.59 Å². The molecule has 2 aromatic carbocycles. The summed E-state index contributed by atoms with van der Waals surface area (Å²) in [5.74, 6) is -1.82. The zero-order chi connectivity index (χ0) is 20.1. The van der Waals surface area contributed by atoms with Crippen molar-refractivity contribution in [2.24, 2.45) is 5.10 Å². The molecule has 0 unspecified atom stereocenters. The SMILES string of the molecule is CC(=NNC(=O)C(=O)Nc1cc(Cl)ccc1Cl)c1ccc(-n2cccc2)cc1. The minimum absolute atomic E-state index is 0.246. The maximum absolute atomic E-state index is 12.0. The second-order valence-electron chi connectivity index (χ2n) is 5.85. The first-order chi connectivity index (χ1) is 13.4. The van der Waals surface area contributed by atoms with Crippen molar-refractivity contribution in [3.63, 3.8) is 0 Å². The molecular weight excluding hydrogens is 399 g/mol. The number of hydrogen-bond donors (Lipinski definition) is 2. The number of benzene rings is 2. The van der Waals surface area contributed by atoms with Crippen LogP contribution in [0.2, 0.25) is 10.0 Å². The van der Waals surface area contributed by atoms with Gasteiger partial charge in [0.25, 0.3) is 0 Å². The highest BCUT2D eigenvalue weighted by Gasteiger charge is 2.15. The van der Waals surface area contributed by atoms with Gasteiger partial charge in [0, 0.05) is 23.1 Å². The Morgan fingerprint density at radius 2 is 1.64 bits per heavy atom. The molecule has 28 heavy (non-hydrogen) atoms. The average molecular weight is 415 g/mol. The molecular formula is C20H16Cl2N4O2. The van der Waals surface area contributed by atoms with Crippen molar-refractivity contribution < 1.29 is 9.59 Å². The Morgan fingerprint density at radius 3 is 2.32 bits per heavy atom. The Morgan fingerprint density at radius 1 is 0.964 bits per heavy atom. The van der Waals surface area contributed by atoms with Gasteiger partial charge in [0.1, 0.15) is 0 Å². The first-order valence-corrected chi connectivity index (χ1v) is 9.04. The highest BCUT2D eigenvalue weighted by Crippen LogP contribution is 2.25. The van der Waals surface area contributed by atoms with Crippen LogP contribution in [0, 0.1) is 0 Å². The topological polar surface area (TPSA) is 75.5 Å². The third-order valence-electron chi connectivity index (χ3n) is 3.90. The highest BCUT2D eigenvalue weighted by molar-refractivity contribution is 6.42. The maximum Gasteiger partial charge on any atom is 0.329 e. The summed E-state index contributed by atoms with van der Waals surface area (Å²) in [7, 11) is 0. The van der Waals surface area contributed by atoms with Gasteiger partial charge in [-0.15, -0.1) is 0 Å². The molecule has 2 N–H and O–H groups in total. The monoisotopic (exact) mass is 414 g/mol. The molecule has 3 rings (SSSR count). The van der Waals surface area contributed by atoms with E-state index in [0.717, 1.165) is 11.3 Å². The van der Waals surface area contributed by atoms with Gasteiger partial charge in [0.2, 0.25) is 0 Å². The summed E-state index contributed by atoms with van der Waals surface area (Å²) in [6.45, 7) is 1.73. The summed E-state index contributed by atoms with van der Waals surface area (Å²) in [4.78, 5) is 24.0. The Kier molecular flexibility index (Phi) is 6.13. The minimum Gasteiger partial charge on any atom is -0.324 e. The fraction of sp³-hybridized carbons (Fsp3) is 0.0500. The van der Waals surface area contributed by atoms with Crippen LogP contribution >= 0.6 is 23.2 Å². The van der Waals surface area contributed by atoms with Gasteiger partial charge in [-0.2, -0.15) is 5.10 Å². The molecule has 0 radical (unpaired) electrons. The molecule has 8 heteroatoms. The quantitative estimate of drug-likeness (QED) is 0.380. The molecule has 1 heterocycles. The predicted octanol–water partition coefficient (Wildman–Crippen LogP) is 4.26. The van der Waals surface area contributed by atoms with Gasteiger partial charge in [-0.1, -0.05) is 35.3 Å². The molecule has 0 saturated carbocycles. The number of nitrogens with zero attached hydrogens (tertiary/aromatic N) is 2. The number of carbonyl (C=O) groups is 2. The first kappa shape index (κ1) is 19.7. The lowest BCUT2D eigenvalue weighted by molar-refractivity contribution is -0.136. The van der Waals surface area contributed by atoms with Crippen LogP contribution in [0.1, 0.15) is 12.5 Å². The van der Waals surface area contributed by atoms with Crippen molar-refractivity contribution in [3.05, 3.63) is 82.6 Å². The van der Waals surface area contributed by atoms with Crippen LogP contribution in [0.3, 0.4) is 0 Å². The van der Waals surface area contributed by atoms with Crippen LogP contribution in [-0.2, 0) is 9.59 Å². The summed E-state index contributed by atoms with van der Waals surface area (Å²) in [6.07, 6.45) is 3.89. The molecule has 0 spiro atoms. The summed E-state index contributed by atoms with van der Waals surface area (Å²) in [6, 6.07) is 16.1. The Labute approximate surface area is 171 Å².